The van der Waals surface area contributed by atoms with Crippen LogP contribution < -0.4 is 10.5 Å². The van der Waals surface area contributed by atoms with Gasteiger partial charge in [-0.1, -0.05) is 25.1 Å². The first-order valence-electron chi connectivity index (χ1n) is 7.46. The topological polar surface area (TPSA) is 38.5 Å². The second-order valence-electron chi connectivity index (χ2n) is 5.33. The van der Waals surface area contributed by atoms with E-state index in [-0.39, 0.29) is 0 Å². The molecule has 1 aromatic carbocycles. The van der Waals surface area contributed by atoms with E-state index in [9.17, 15) is 0 Å². The van der Waals surface area contributed by atoms with Crippen LogP contribution in [-0.4, -0.2) is 37.7 Å². The first kappa shape index (κ1) is 14.4. The van der Waals surface area contributed by atoms with E-state index in [0.717, 1.165) is 37.8 Å². The van der Waals surface area contributed by atoms with Crippen LogP contribution in [0.1, 0.15) is 25.3 Å². The van der Waals surface area contributed by atoms with Gasteiger partial charge in [-0.2, -0.15) is 0 Å². The van der Waals surface area contributed by atoms with Crippen LogP contribution in [0, 0.1) is 5.92 Å². The van der Waals surface area contributed by atoms with Crippen LogP contribution in [0.15, 0.2) is 24.3 Å². The Bertz CT molecular complexity index is 373. The van der Waals surface area contributed by atoms with E-state index in [1.807, 2.05) is 6.07 Å². The molecule has 2 rings (SSSR count). The van der Waals surface area contributed by atoms with Crippen molar-refractivity contribution in [3.8, 4) is 5.75 Å². The lowest BCUT2D eigenvalue weighted by molar-refractivity contribution is 0.157. The van der Waals surface area contributed by atoms with Gasteiger partial charge in [0.15, 0.2) is 0 Å². The van der Waals surface area contributed by atoms with Crippen LogP contribution in [0.5, 0.6) is 5.75 Å². The third-order valence-corrected chi connectivity index (χ3v) is 4.06. The van der Waals surface area contributed by atoms with Gasteiger partial charge in [0.25, 0.3) is 0 Å². The van der Waals surface area contributed by atoms with Gasteiger partial charge >= 0.3 is 0 Å². The number of rotatable bonds is 6. The number of aryl methyl sites for hydroxylation is 1. The molecule has 0 spiro atoms. The molecule has 0 bridgehead atoms. The molecule has 1 aliphatic rings. The number of para-hydroxylation sites is 1. The first-order valence-corrected chi connectivity index (χ1v) is 7.46. The average molecular weight is 262 g/mol. The second-order valence-corrected chi connectivity index (χ2v) is 5.33. The second kappa shape index (κ2) is 7.51. The van der Waals surface area contributed by atoms with Crippen molar-refractivity contribution < 1.29 is 4.74 Å². The summed E-state index contributed by atoms with van der Waals surface area (Å²) >= 11 is 0. The van der Waals surface area contributed by atoms with Crippen molar-refractivity contribution in [2.45, 2.75) is 26.2 Å². The summed E-state index contributed by atoms with van der Waals surface area (Å²) in [6, 6.07) is 8.33. The molecule has 19 heavy (non-hydrogen) atoms. The van der Waals surface area contributed by atoms with Crippen LogP contribution in [0.3, 0.4) is 0 Å². The van der Waals surface area contributed by atoms with Crippen LogP contribution in [-0.2, 0) is 6.42 Å². The summed E-state index contributed by atoms with van der Waals surface area (Å²) in [5, 5.41) is 0. The van der Waals surface area contributed by atoms with Crippen molar-refractivity contribution in [2.24, 2.45) is 11.7 Å². The highest BCUT2D eigenvalue weighted by atomic mass is 16.5. The molecule has 1 heterocycles. The average Bonchev–Trinajstić information content (AvgIpc) is 2.48. The van der Waals surface area contributed by atoms with E-state index in [0.29, 0.717) is 0 Å². The maximum atomic E-state index is 5.92. The Morgan fingerprint density at radius 3 is 2.68 bits per heavy atom. The Morgan fingerprint density at radius 1 is 1.26 bits per heavy atom. The summed E-state index contributed by atoms with van der Waals surface area (Å²) in [5.74, 6) is 1.78. The van der Waals surface area contributed by atoms with Gasteiger partial charge in [0.1, 0.15) is 12.4 Å². The molecule has 1 fully saturated rings. The first-order chi connectivity index (χ1) is 9.33. The molecule has 0 unspecified atom stereocenters. The lowest BCUT2D eigenvalue weighted by atomic mass is 9.97. The fourth-order valence-corrected chi connectivity index (χ4v) is 2.67. The molecule has 0 aromatic heterocycles. The van der Waals surface area contributed by atoms with Gasteiger partial charge in [0, 0.05) is 6.54 Å². The molecule has 2 N–H and O–H groups in total. The molecule has 1 aromatic rings. The minimum atomic E-state index is 0.734. The molecule has 3 nitrogen and oxygen atoms in total. The minimum absolute atomic E-state index is 0.734. The summed E-state index contributed by atoms with van der Waals surface area (Å²) < 4.78 is 5.92. The fourth-order valence-electron chi connectivity index (χ4n) is 2.67. The highest BCUT2D eigenvalue weighted by Gasteiger charge is 2.17. The maximum Gasteiger partial charge on any atom is 0.122 e. The van der Waals surface area contributed by atoms with E-state index in [4.69, 9.17) is 10.5 Å². The Morgan fingerprint density at radius 2 is 2.00 bits per heavy atom. The molecule has 0 radical (unpaired) electrons. The predicted octanol–water partition coefficient (Wildman–Crippen LogP) is 2.30. The van der Waals surface area contributed by atoms with Crippen LogP contribution in [0.2, 0.25) is 0 Å². The molecule has 106 valence electrons. The van der Waals surface area contributed by atoms with E-state index >= 15 is 0 Å². The van der Waals surface area contributed by atoms with E-state index in [1.54, 1.807) is 0 Å². The third kappa shape index (κ3) is 4.22. The monoisotopic (exact) mass is 262 g/mol. The molecule has 0 aliphatic carbocycles. The van der Waals surface area contributed by atoms with Gasteiger partial charge in [-0.25, -0.2) is 0 Å². The van der Waals surface area contributed by atoms with E-state index in [1.165, 1.54) is 31.5 Å². The number of nitrogens with two attached hydrogens (primary N) is 1. The number of nitrogens with zero attached hydrogens (tertiary/aromatic N) is 1. The molecular formula is C16H26N2O. The van der Waals surface area contributed by atoms with Crippen molar-refractivity contribution in [3.63, 3.8) is 0 Å². The number of piperidine rings is 1. The molecular weight excluding hydrogens is 236 g/mol. The van der Waals surface area contributed by atoms with Crippen molar-refractivity contribution in [1.82, 2.24) is 4.90 Å². The predicted molar refractivity (Wildman–Crippen MR) is 79.5 cm³/mol. The van der Waals surface area contributed by atoms with Gasteiger partial charge in [-0.15, -0.1) is 0 Å². The summed E-state index contributed by atoms with van der Waals surface area (Å²) in [6.07, 6.45) is 3.50. The summed E-state index contributed by atoms with van der Waals surface area (Å²) in [5.41, 5.74) is 7.01. The Hall–Kier alpha value is -1.06. The lowest BCUT2D eigenvalue weighted by Crippen LogP contribution is -2.38. The van der Waals surface area contributed by atoms with E-state index < -0.39 is 0 Å². The highest BCUT2D eigenvalue weighted by Crippen LogP contribution is 2.19. The Labute approximate surface area is 116 Å². The Balaban J connectivity index is 1.72. The molecule has 0 saturated carbocycles. The SMILES string of the molecule is CCc1ccccc1OCCN1CCC(CN)CC1. The standard InChI is InChI=1S/C16H26N2O/c1-2-15-5-3-4-6-16(15)19-12-11-18-9-7-14(13-17)8-10-18/h3-6,14H,2,7-13,17H2,1H3. The van der Waals surface area contributed by atoms with Gasteiger partial charge in [-0.05, 0) is 56.4 Å². The van der Waals surface area contributed by atoms with Gasteiger partial charge < -0.3 is 10.5 Å². The molecule has 1 saturated heterocycles. The van der Waals surface area contributed by atoms with Gasteiger partial charge in [0.2, 0.25) is 0 Å². The normalized spacial score (nSPS) is 17.6. The number of hydrogen-bond acceptors (Lipinski definition) is 3. The molecule has 0 atom stereocenters. The number of likely N-dealkylation sites (tertiary alicyclic amines) is 1. The highest BCUT2D eigenvalue weighted by molar-refractivity contribution is 5.33. The van der Waals surface area contributed by atoms with Crippen LogP contribution in [0.25, 0.3) is 0 Å². The number of hydrogen-bond donors (Lipinski definition) is 1. The zero-order valence-corrected chi connectivity index (χ0v) is 12.0. The summed E-state index contributed by atoms with van der Waals surface area (Å²) in [6.45, 7) is 7.15. The zero-order valence-electron chi connectivity index (χ0n) is 12.0. The van der Waals surface area contributed by atoms with Crippen molar-refractivity contribution in [2.75, 3.05) is 32.8 Å². The number of benzene rings is 1. The molecule has 3 heteroatoms. The quantitative estimate of drug-likeness (QED) is 0.855. The van der Waals surface area contributed by atoms with Crippen molar-refractivity contribution in [3.05, 3.63) is 29.8 Å². The van der Waals surface area contributed by atoms with Crippen molar-refractivity contribution in [1.29, 1.82) is 0 Å². The van der Waals surface area contributed by atoms with Gasteiger partial charge in [0.05, 0.1) is 0 Å². The van der Waals surface area contributed by atoms with Crippen LogP contribution >= 0.6 is 0 Å². The van der Waals surface area contributed by atoms with Crippen LogP contribution in [0.4, 0.5) is 0 Å². The maximum absolute atomic E-state index is 5.92. The van der Waals surface area contributed by atoms with Gasteiger partial charge in [-0.3, -0.25) is 4.90 Å². The van der Waals surface area contributed by atoms with E-state index in [2.05, 4.69) is 30.0 Å². The molecule has 0 amide bonds. The smallest absolute Gasteiger partial charge is 0.122 e. The summed E-state index contributed by atoms with van der Waals surface area (Å²) in [7, 11) is 0. The summed E-state index contributed by atoms with van der Waals surface area (Å²) in [4.78, 5) is 2.49. The third-order valence-electron chi connectivity index (χ3n) is 4.06. The fraction of sp³-hybridized carbons (Fsp3) is 0.625. The molecule has 1 aliphatic heterocycles. The van der Waals surface area contributed by atoms with Crippen molar-refractivity contribution >= 4 is 0 Å². The number of ether oxygens (including phenoxy) is 1. The Kier molecular flexibility index (Phi) is 5.67. The minimum Gasteiger partial charge on any atom is -0.492 e. The largest absolute Gasteiger partial charge is 0.492 e. The lowest BCUT2D eigenvalue weighted by Gasteiger charge is -2.31. The zero-order chi connectivity index (χ0) is 13.5.